The van der Waals surface area contributed by atoms with E-state index < -0.39 is 12.0 Å². The standard InChI is InChI=1S/C14H18N2O3S/c1-2-8-7-10(8)15-14(19)16-5-3-11-9(4-6-20-11)12(16)13(17)18/h4,6,8,10,12H,2-3,5,7H2,1H3,(H,15,19)(H,17,18). The summed E-state index contributed by atoms with van der Waals surface area (Å²) >= 11 is 1.57. The molecule has 0 saturated heterocycles. The zero-order chi connectivity index (χ0) is 14.3. The molecule has 1 saturated carbocycles. The van der Waals surface area contributed by atoms with Gasteiger partial charge >= 0.3 is 12.0 Å². The number of carboxylic acids is 1. The van der Waals surface area contributed by atoms with Gasteiger partial charge in [0.05, 0.1) is 0 Å². The number of nitrogens with one attached hydrogen (secondary N) is 1. The number of carbonyl (C=O) groups excluding carboxylic acids is 1. The topological polar surface area (TPSA) is 69.6 Å². The molecule has 0 aromatic carbocycles. The molecule has 3 rings (SSSR count). The van der Waals surface area contributed by atoms with Crippen LogP contribution in [-0.4, -0.2) is 34.6 Å². The van der Waals surface area contributed by atoms with Gasteiger partial charge in [-0.1, -0.05) is 13.3 Å². The van der Waals surface area contributed by atoms with Gasteiger partial charge in [-0.15, -0.1) is 11.3 Å². The van der Waals surface area contributed by atoms with E-state index in [0.29, 0.717) is 12.5 Å². The second kappa shape index (κ2) is 5.09. The van der Waals surface area contributed by atoms with Crippen molar-refractivity contribution in [2.45, 2.75) is 38.3 Å². The SMILES string of the molecule is CCC1CC1NC(=O)N1CCc2sccc2C1C(=O)O. The van der Waals surface area contributed by atoms with Gasteiger partial charge in [-0.25, -0.2) is 9.59 Å². The van der Waals surface area contributed by atoms with Gasteiger partial charge in [0, 0.05) is 17.5 Å². The lowest BCUT2D eigenvalue weighted by molar-refractivity contribution is -0.142. The third-order valence-electron chi connectivity index (χ3n) is 4.22. The van der Waals surface area contributed by atoms with E-state index in [0.717, 1.165) is 29.7 Å². The van der Waals surface area contributed by atoms with Crippen LogP contribution in [0.1, 0.15) is 36.2 Å². The Labute approximate surface area is 121 Å². The highest BCUT2D eigenvalue weighted by Gasteiger charge is 2.41. The third-order valence-corrected chi connectivity index (χ3v) is 5.21. The molecular formula is C14H18N2O3S. The van der Waals surface area contributed by atoms with Crippen molar-refractivity contribution in [3.63, 3.8) is 0 Å². The van der Waals surface area contributed by atoms with Crippen molar-refractivity contribution in [1.82, 2.24) is 10.2 Å². The fourth-order valence-corrected chi connectivity index (χ4v) is 3.82. The summed E-state index contributed by atoms with van der Waals surface area (Å²) in [5.41, 5.74) is 0.770. The fourth-order valence-electron chi connectivity index (χ4n) is 2.92. The van der Waals surface area contributed by atoms with Gasteiger partial charge in [-0.2, -0.15) is 0 Å². The Morgan fingerprint density at radius 1 is 1.55 bits per heavy atom. The summed E-state index contributed by atoms with van der Waals surface area (Å²) in [6, 6.07) is 0.967. The maximum absolute atomic E-state index is 12.3. The summed E-state index contributed by atoms with van der Waals surface area (Å²) in [4.78, 5) is 26.4. The van der Waals surface area contributed by atoms with Crippen LogP contribution in [-0.2, 0) is 11.2 Å². The smallest absolute Gasteiger partial charge is 0.331 e. The Hall–Kier alpha value is -1.56. The molecule has 1 aliphatic carbocycles. The summed E-state index contributed by atoms with van der Waals surface area (Å²) < 4.78 is 0. The molecule has 0 radical (unpaired) electrons. The highest BCUT2D eigenvalue weighted by atomic mass is 32.1. The van der Waals surface area contributed by atoms with Gasteiger partial charge in [0.15, 0.2) is 6.04 Å². The van der Waals surface area contributed by atoms with Gasteiger partial charge < -0.3 is 15.3 Å². The average Bonchev–Trinajstić information content (AvgIpc) is 2.99. The molecule has 108 valence electrons. The van der Waals surface area contributed by atoms with E-state index in [4.69, 9.17) is 0 Å². The number of hydrogen-bond donors (Lipinski definition) is 2. The van der Waals surface area contributed by atoms with Gasteiger partial charge in [0.25, 0.3) is 0 Å². The predicted octanol–water partition coefficient (Wildman–Crippen LogP) is 2.24. The van der Waals surface area contributed by atoms with Gasteiger partial charge in [0.2, 0.25) is 0 Å². The normalized spacial score (nSPS) is 27.9. The highest BCUT2D eigenvalue weighted by Crippen LogP contribution is 2.36. The number of carbonyl (C=O) groups is 2. The van der Waals surface area contributed by atoms with Crippen LogP contribution in [0.2, 0.25) is 0 Å². The first-order valence-electron chi connectivity index (χ1n) is 6.98. The summed E-state index contributed by atoms with van der Waals surface area (Å²) in [5.74, 6) is -0.397. The Bertz CT molecular complexity index is 542. The van der Waals surface area contributed by atoms with Crippen molar-refractivity contribution in [3.05, 3.63) is 21.9 Å². The molecule has 1 aromatic rings. The number of aliphatic carboxylic acids is 1. The van der Waals surface area contributed by atoms with E-state index in [1.54, 1.807) is 11.3 Å². The van der Waals surface area contributed by atoms with E-state index >= 15 is 0 Å². The van der Waals surface area contributed by atoms with Crippen LogP contribution in [0.3, 0.4) is 0 Å². The van der Waals surface area contributed by atoms with Gasteiger partial charge in [-0.05, 0) is 35.8 Å². The van der Waals surface area contributed by atoms with Crippen LogP contribution in [0.4, 0.5) is 4.79 Å². The van der Waals surface area contributed by atoms with E-state index in [9.17, 15) is 14.7 Å². The van der Waals surface area contributed by atoms with Gasteiger partial charge in [0.1, 0.15) is 0 Å². The molecule has 1 aliphatic heterocycles. The predicted molar refractivity (Wildman–Crippen MR) is 75.8 cm³/mol. The number of urea groups is 1. The molecule has 2 aliphatic rings. The van der Waals surface area contributed by atoms with Crippen LogP contribution < -0.4 is 5.32 Å². The molecule has 6 heteroatoms. The molecule has 20 heavy (non-hydrogen) atoms. The first kappa shape index (κ1) is 13.4. The summed E-state index contributed by atoms with van der Waals surface area (Å²) in [6.45, 7) is 2.58. The minimum Gasteiger partial charge on any atom is -0.479 e. The largest absolute Gasteiger partial charge is 0.479 e. The van der Waals surface area contributed by atoms with Crippen LogP contribution >= 0.6 is 11.3 Å². The highest BCUT2D eigenvalue weighted by molar-refractivity contribution is 7.10. The van der Waals surface area contributed by atoms with Crippen molar-refractivity contribution >= 4 is 23.3 Å². The van der Waals surface area contributed by atoms with E-state index in [-0.39, 0.29) is 12.1 Å². The molecule has 3 atom stereocenters. The second-order valence-electron chi connectivity index (χ2n) is 5.44. The van der Waals surface area contributed by atoms with Crippen LogP contribution in [0, 0.1) is 5.92 Å². The zero-order valence-corrected chi connectivity index (χ0v) is 12.2. The third kappa shape index (κ3) is 2.28. The van der Waals surface area contributed by atoms with Crippen LogP contribution in [0.25, 0.3) is 0 Å². The summed E-state index contributed by atoms with van der Waals surface area (Å²) in [5, 5.41) is 14.3. The molecule has 1 aromatic heterocycles. The number of rotatable bonds is 3. The van der Waals surface area contributed by atoms with E-state index in [2.05, 4.69) is 12.2 Å². The molecule has 0 bridgehead atoms. The molecule has 1 fully saturated rings. The number of carboxylic acid groups (broad SMARTS) is 1. The molecule has 5 nitrogen and oxygen atoms in total. The van der Waals surface area contributed by atoms with E-state index in [1.807, 2.05) is 11.4 Å². The first-order chi connectivity index (χ1) is 9.61. The number of amides is 2. The lowest BCUT2D eigenvalue weighted by atomic mass is 10.0. The summed E-state index contributed by atoms with van der Waals surface area (Å²) in [7, 11) is 0. The average molecular weight is 294 g/mol. The van der Waals surface area contributed by atoms with Crippen molar-refractivity contribution in [2.75, 3.05) is 6.54 Å². The summed E-state index contributed by atoms with van der Waals surface area (Å²) in [6.07, 6.45) is 2.81. The Kier molecular flexibility index (Phi) is 3.41. The van der Waals surface area contributed by atoms with Crippen molar-refractivity contribution in [1.29, 1.82) is 0 Å². The molecule has 2 heterocycles. The van der Waals surface area contributed by atoms with E-state index in [1.165, 1.54) is 4.90 Å². The van der Waals surface area contributed by atoms with Crippen molar-refractivity contribution in [3.8, 4) is 0 Å². The monoisotopic (exact) mass is 294 g/mol. The number of hydrogen-bond acceptors (Lipinski definition) is 3. The van der Waals surface area contributed by atoms with Gasteiger partial charge in [-0.3, -0.25) is 0 Å². The molecule has 2 amide bonds. The molecule has 2 N–H and O–H groups in total. The Morgan fingerprint density at radius 3 is 3.00 bits per heavy atom. The molecule has 3 unspecified atom stereocenters. The maximum Gasteiger partial charge on any atom is 0.331 e. The zero-order valence-electron chi connectivity index (χ0n) is 11.3. The van der Waals surface area contributed by atoms with Crippen molar-refractivity contribution < 1.29 is 14.7 Å². The number of nitrogens with zero attached hydrogens (tertiary/aromatic N) is 1. The number of thiophene rings is 1. The number of fused-ring (bicyclic) bond motifs is 1. The van der Waals surface area contributed by atoms with Crippen LogP contribution in [0.5, 0.6) is 0 Å². The quantitative estimate of drug-likeness (QED) is 0.898. The van der Waals surface area contributed by atoms with Crippen LogP contribution in [0.15, 0.2) is 11.4 Å². The maximum atomic E-state index is 12.3. The molecule has 0 spiro atoms. The lowest BCUT2D eigenvalue weighted by Gasteiger charge is -2.33. The molecular weight excluding hydrogens is 276 g/mol. The minimum absolute atomic E-state index is 0.228. The Morgan fingerprint density at radius 2 is 2.35 bits per heavy atom. The van der Waals surface area contributed by atoms with Crippen molar-refractivity contribution in [2.24, 2.45) is 5.92 Å². The first-order valence-corrected chi connectivity index (χ1v) is 7.86. The minimum atomic E-state index is -0.956. The Balaban J connectivity index is 1.75. The fraction of sp³-hybridized carbons (Fsp3) is 0.571. The second-order valence-corrected chi connectivity index (χ2v) is 6.44. The lowest BCUT2D eigenvalue weighted by Crippen LogP contribution is -2.48.